The number of rotatable bonds is 3. The Bertz CT molecular complexity index is 781. The van der Waals surface area contributed by atoms with Crippen molar-refractivity contribution in [1.82, 2.24) is 14.9 Å². The molecule has 6 heteroatoms. The summed E-state index contributed by atoms with van der Waals surface area (Å²) in [7, 11) is 0. The Kier molecular flexibility index (Phi) is 3.37. The number of imidazole rings is 1. The topological polar surface area (TPSA) is 76.0 Å². The van der Waals surface area contributed by atoms with Crippen LogP contribution < -0.4 is 10.6 Å². The van der Waals surface area contributed by atoms with E-state index in [1.807, 2.05) is 18.2 Å². The Balaban J connectivity index is 1.47. The molecule has 2 amide bonds. The number of aryl methyl sites for hydroxylation is 1. The smallest absolute Gasteiger partial charge is 0.252 e. The number of amides is 2. The van der Waals surface area contributed by atoms with Crippen LogP contribution >= 0.6 is 0 Å². The van der Waals surface area contributed by atoms with Crippen LogP contribution in [0.2, 0.25) is 0 Å². The molecule has 2 aliphatic heterocycles. The molecule has 0 radical (unpaired) electrons. The Morgan fingerprint density at radius 2 is 2.22 bits per heavy atom. The molecule has 118 valence electrons. The minimum Gasteiger partial charge on any atom is -0.345 e. The van der Waals surface area contributed by atoms with Crippen LogP contribution in [0, 0.1) is 0 Å². The summed E-state index contributed by atoms with van der Waals surface area (Å²) in [5.41, 5.74) is 1.55. The number of nitrogens with one attached hydrogen (secondary N) is 2. The summed E-state index contributed by atoms with van der Waals surface area (Å²) in [5.74, 6) is 1.56. The third-order valence-corrected chi connectivity index (χ3v) is 4.51. The van der Waals surface area contributed by atoms with Crippen LogP contribution in [0.4, 0.5) is 5.82 Å². The summed E-state index contributed by atoms with van der Waals surface area (Å²) in [4.78, 5) is 28.6. The first kappa shape index (κ1) is 14.0. The summed E-state index contributed by atoms with van der Waals surface area (Å²) >= 11 is 0. The summed E-state index contributed by atoms with van der Waals surface area (Å²) in [6, 6.07) is 7.14. The zero-order valence-corrected chi connectivity index (χ0v) is 12.7. The van der Waals surface area contributed by atoms with Gasteiger partial charge in [0.25, 0.3) is 5.91 Å². The predicted molar refractivity (Wildman–Crippen MR) is 85.1 cm³/mol. The van der Waals surface area contributed by atoms with Gasteiger partial charge in [-0.1, -0.05) is 18.2 Å². The summed E-state index contributed by atoms with van der Waals surface area (Å²) < 4.78 is 2.07. The number of carbonyl (C=O) groups is 2. The molecule has 4 rings (SSSR count). The van der Waals surface area contributed by atoms with Crippen LogP contribution in [0.25, 0.3) is 0 Å². The molecule has 1 aromatic heterocycles. The second kappa shape index (κ2) is 5.53. The molecule has 2 N–H and O–H groups in total. The van der Waals surface area contributed by atoms with Crippen LogP contribution in [0.3, 0.4) is 0 Å². The van der Waals surface area contributed by atoms with Gasteiger partial charge in [-0.15, -0.1) is 0 Å². The molecule has 2 aromatic rings. The third kappa shape index (κ3) is 2.50. The van der Waals surface area contributed by atoms with Crippen molar-refractivity contribution < 1.29 is 9.59 Å². The lowest BCUT2D eigenvalue weighted by Gasteiger charge is -2.17. The van der Waals surface area contributed by atoms with E-state index in [1.165, 1.54) is 0 Å². The van der Waals surface area contributed by atoms with Gasteiger partial charge in [0.05, 0.1) is 18.7 Å². The zero-order valence-electron chi connectivity index (χ0n) is 12.7. The lowest BCUT2D eigenvalue weighted by atomic mass is 10.0. The highest BCUT2D eigenvalue weighted by molar-refractivity contribution is 6.00. The monoisotopic (exact) mass is 310 g/mol. The largest absolute Gasteiger partial charge is 0.345 e. The van der Waals surface area contributed by atoms with E-state index < -0.39 is 0 Å². The van der Waals surface area contributed by atoms with E-state index in [4.69, 9.17) is 0 Å². The Morgan fingerprint density at radius 1 is 1.35 bits per heavy atom. The van der Waals surface area contributed by atoms with Gasteiger partial charge in [-0.25, -0.2) is 4.98 Å². The quantitative estimate of drug-likeness (QED) is 0.911. The summed E-state index contributed by atoms with van der Waals surface area (Å²) in [6.45, 7) is 0.897. The van der Waals surface area contributed by atoms with E-state index in [0.717, 1.165) is 43.0 Å². The molecule has 0 bridgehead atoms. The first-order valence-electron chi connectivity index (χ1n) is 7.96. The van der Waals surface area contributed by atoms with Gasteiger partial charge in [0.2, 0.25) is 5.91 Å². The first-order valence-corrected chi connectivity index (χ1v) is 7.96. The van der Waals surface area contributed by atoms with Crippen LogP contribution in [0.15, 0.2) is 30.5 Å². The van der Waals surface area contributed by atoms with E-state index in [0.29, 0.717) is 5.56 Å². The average Bonchev–Trinajstić information content (AvgIpc) is 3.10. The molecule has 23 heavy (non-hydrogen) atoms. The van der Waals surface area contributed by atoms with Crippen LogP contribution in [-0.2, 0) is 17.8 Å². The molecule has 2 aliphatic rings. The van der Waals surface area contributed by atoms with E-state index >= 15 is 0 Å². The Hall–Kier alpha value is -2.63. The molecule has 1 aromatic carbocycles. The molecule has 3 heterocycles. The Labute approximate surface area is 133 Å². The van der Waals surface area contributed by atoms with Gasteiger partial charge < -0.3 is 15.2 Å². The minimum atomic E-state index is -0.262. The SMILES string of the molecule is O=C(C[C@H]1NC(=O)c2ccccc21)Nc1cnc2n1CCCC2. The lowest BCUT2D eigenvalue weighted by Crippen LogP contribution is -2.25. The first-order chi connectivity index (χ1) is 11.2. The van der Waals surface area contributed by atoms with E-state index in [-0.39, 0.29) is 24.3 Å². The standard InChI is InChI=1S/C17H18N4O2/c22-16(20-15-10-18-14-7-3-4-8-21(14)15)9-13-11-5-1-2-6-12(11)17(23)19-13/h1-2,5-6,10,13H,3-4,7-9H2,(H,19,23)(H,20,22)/t13-/m1/s1. The normalized spacial score (nSPS) is 19.0. The number of aromatic nitrogens is 2. The highest BCUT2D eigenvalue weighted by Crippen LogP contribution is 2.28. The van der Waals surface area contributed by atoms with Gasteiger partial charge in [-0.2, -0.15) is 0 Å². The molecule has 6 nitrogen and oxygen atoms in total. The third-order valence-electron chi connectivity index (χ3n) is 4.51. The highest BCUT2D eigenvalue weighted by atomic mass is 16.2. The molecule has 0 saturated heterocycles. The predicted octanol–water partition coefficient (Wildman–Crippen LogP) is 2.03. The number of hydrogen-bond acceptors (Lipinski definition) is 3. The minimum absolute atomic E-state index is 0.111. The number of hydrogen-bond donors (Lipinski definition) is 2. The number of fused-ring (bicyclic) bond motifs is 2. The lowest BCUT2D eigenvalue weighted by molar-refractivity contribution is -0.116. The molecule has 0 saturated carbocycles. The number of nitrogens with zero attached hydrogens (tertiary/aromatic N) is 2. The van der Waals surface area contributed by atoms with Crippen LogP contribution in [-0.4, -0.2) is 21.4 Å². The van der Waals surface area contributed by atoms with E-state index in [9.17, 15) is 9.59 Å². The molecule has 0 fully saturated rings. The fraction of sp³-hybridized carbons (Fsp3) is 0.353. The highest BCUT2D eigenvalue weighted by Gasteiger charge is 2.29. The second-order valence-electron chi connectivity index (χ2n) is 6.03. The number of carbonyl (C=O) groups excluding carboxylic acids is 2. The molecule has 0 aliphatic carbocycles. The van der Waals surface area contributed by atoms with E-state index in [2.05, 4.69) is 20.2 Å². The molecule has 1 atom stereocenters. The van der Waals surface area contributed by atoms with Gasteiger partial charge in [0, 0.05) is 18.5 Å². The van der Waals surface area contributed by atoms with Crippen molar-refractivity contribution in [2.75, 3.05) is 5.32 Å². The average molecular weight is 310 g/mol. The molecule has 0 spiro atoms. The van der Waals surface area contributed by atoms with Gasteiger partial charge in [0.15, 0.2) is 0 Å². The fourth-order valence-electron chi connectivity index (χ4n) is 3.38. The number of benzene rings is 1. The van der Waals surface area contributed by atoms with Gasteiger partial charge >= 0.3 is 0 Å². The van der Waals surface area contributed by atoms with Crippen molar-refractivity contribution >= 4 is 17.6 Å². The van der Waals surface area contributed by atoms with Crippen LogP contribution in [0.1, 0.15) is 47.1 Å². The maximum atomic E-state index is 12.4. The van der Waals surface area contributed by atoms with Crippen molar-refractivity contribution in [1.29, 1.82) is 0 Å². The van der Waals surface area contributed by atoms with Crippen molar-refractivity contribution in [3.63, 3.8) is 0 Å². The van der Waals surface area contributed by atoms with Gasteiger partial charge in [-0.3, -0.25) is 9.59 Å². The molecule has 0 unspecified atom stereocenters. The summed E-state index contributed by atoms with van der Waals surface area (Å²) in [5, 5.41) is 5.80. The van der Waals surface area contributed by atoms with Crippen molar-refractivity contribution in [3.8, 4) is 0 Å². The van der Waals surface area contributed by atoms with E-state index in [1.54, 1.807) is 12.3 Å². The van der Waals surface area contributed by atoms with Crippen molar-refractivity contribution in [2.24, 2.45) is 0 Å². The van der Waals surface area contributed by atoms with Crippen LogP contribution in [0.5, 0.6) is 0 Å². The second-order valence-corrected chi connectivity index (χ2v) is 6.03. The van der Waals surface area contributed by atoms with Gasteiger partial charge in [-0.05, 0) is 24.5 Å². The van der Waals surface area contributed by atoms with Crippen molar-refractivity contribution in [3.05, 3.63) is 47.4 Å². The fourth-order valence-corrected chi connectivity index (χ4v) is 3.38. The molecular weight excluding hydrogens is 292 g/mol. The number of anilines is 1. The van der Waals surface area contributed by atoms with Gasteiger partial charge in [0.1, 0.15) is 11.6 Å². The molecular formula is C17H18N4O2. The van der Waals surface area contributed by atoms with Crippen molar-refractivity contribution in [2.45, 2.75) is 38.3 Å². The summed E-state index contributed by atoms with van der Waals surface area (Å²) in [6.07, 6.45) is 5.17. The zero-order chi connectivity index (χ0) is 15.8. The maximum absolute atomic E-state index is 12.4. The maximum Gasteiger partial charge on any atom is 0.252 e. The Morgan fingerprint density at radius 3 is 3.13 bits per heavy atom.